The van der Waals surface area contributed by atoms with Crippen molar-refractivity contribution in [2.45, 2.75) is 83.3 Å². The Balaban J connectivity index is 3.57. The minimum atomic E-state index is -0.537. The van der Waals surface area contributed by atoms with Crippen LogP contribution in [0.25, 0.3) is 0 Å². The van der Waals surface area contributed by atoms with Crippen molar-refractivity contribution in [2.75, 3.05) is 13.2 Å². The van der Waals surface area contributed by atoms with Crippen molar-refractivity contribution in [2.24, 2.45) is 0 Å². The number of ether oxygens (including phenoxy) is 1. The number of unbranched alkanes of at least 4 members (excludes halogenated alkanes) is 7. The van der Waals surface area contributed by atoms with Crippen LogP contribution in [0.15, 0.2) is 12.7 Å². The fourth-order valence-electron chi connectivity index (χ4n) is 2.23. The predicted octanol–water partition coefficient (Wildman–Crippen LogP) is 3.83. The average molecular weight is 286 g/mol. The summed E-state index contributed by atoms with van der Waals surface area (Å²) in [7, 11) is 0. The van der Waals surface area contributed by atoms with Gasteiger partial charge in [-0.25, -0.2) is 0 Å². The van der Waals surface area contributed by atoms with Crippen LogP contribution in [0.4, 0.5) is 0 Å². The molecule has 0 aliphatic carbocycles. The van der Waals surface area contributed by atoms with E-state index < -0.39 is 12.2 Å². The molecule has 2 atom stereocenters. The molecule has 0 rings (SSSR count). The Bertz CT molecular complexity index is 206. The molecule has 2 N–H and O–H groups in total. The Morgan fingerprint density at radius 3 is 2.40 bits per heavy atom. The van der Waals surface area contributed by atoms with E-state index in [1.165, 1.54) is 25.7 Å². The standard InChI is InChI=1S/C17H34O3/c1-3-5-7-9-10-11-13-16(19)17(15-18)20-14-12-8-6-4-2/h4,16-19H,2-3,5-15H2,1H3/t16-,17-/m0/s1. The lowest BCUT2D eigenvalue weighted by Crippen LogP contribution is -2.32. The highest BCUT2D eigenvalue weighted by Crippen LogP contribution is 2.12. The minimum Gasteiger partial charge on any atom is -0.394 e. The Morgan fingerprint density at radius 1 is 1.05 bits per heavy atom. The summed E-state index contributed by atoms with van der Waals surface area (Å²) in [6.45, 7) is 6.39. The largest absolute Gasteiger partial charge is 0.394 e. The molecule has 0 aromatic heterocycles. The van der Waals surface area contributed by atoms with Gasteiger partial charge in [0.2, 0.25) is 0 Å². The van der Waals surface area contributed by atoms with Crippen LogP contribution >= 0.6 is 0 Å². The summed E-state index contributed by atoms with van der Waals surface area (Å²) in [6.07, 6.45) is 11.9. The quantitative estimate of drug-likeness (QED) is 0.355. The van der Waals surface area contributed by atoms with Crippen molar-refractivity contribution in [1.29, 1.82) is 0 Å². The summed E-state index contributed by atoms with van der Waals surface area (Å²) < 4.78 is 5.56. The molecule has 20 heavy (non-hydrogen) atoms. The second kappa shape index (κ2) is 15.0. The third kappa shape index (κ3) is 11.4. The molecule has 120 valence electrons. The lowest BCUT2D eigenvalue weighted by atomic mass is 10.0. The maximum Gasteiger partial charge on any atom is 0.106 e. The van der Waals surface area contributed by atoms with Crippen LogP contribution in [0, 0.1) is 0 Å². The summed E-state index contributed by atoms with van der Waals surface area (Å²) in [6, 6.07) is 0. The van der Waals surface area contributed by atoms with Gasteiger partial charge in [-0.1, -0.05) is 51.5 Å². The van der Waals surface area contributed by atoms with E-state index in [-0.39, 0.29) is 6.61 Å². The summed E-state index contributed by atoms with van der Waals surface area (Å²) in [5.74, 6) is 0. The molecule has 0 aromatic carbocycles. The number of aliphatic hydroxyl groups excluding tert-OH is 2. The number of hydrogen-bond acceptors (Lipinski definition) is 3. The van der Waals surface area contributed by atoms with Crippen molar-refractivity contribution in [3.05, 3.63) is 12.7 Å². The molecule has 0 heterocycles. The molecular formula is C17H34O3. The maximum atomic E-state index is 10.0. The van der Waals surface area contributed by atoms with Crippen LogP contribution in [0.5, 0.6) is 0 Å². The van der Waals surface area contributed by atoms with E-state index >= 15 is 0 Å². The molecular weight excluding hydrogens is 252 g/mol. The highest BCUT2D eigenvalue weighted by Gasteiger charge is 2.18. The van der Waals surface area contributed by atoms with Gasteiger partial charge in [0.05, 0.1) is 12.7 Å². The van der Waals surface area contributed by atoms with Gasteiger partial charge in [-0.05, 0) is 25.7 Å². The third-order valence-corrected chi connectivity index (χ3v) is 3.60. The number of hydrogen-bond donors (Lipinski definition) is 2. The first-order valence-electron chi connectivity index (χ1n) is 8.27. The first-order valence-corrected chi connectivity index (χ1v) is 8.27. The van der Waals surface area contributed by atoms with E-state index in [0.29, 0.717) is 6.61 Å². The van der Waals surface area contributed by atoms with Gasteiger partial charge in [0.15, 0.2) is 0 Å². The average Bonchev–Trinajstić information content (AvgIpc) is 2.46. The van der Waals surface area contributed by atoms with Crippen LogP contribution in [0.1, 0.15) is 71.1 Å². The second-order valence-electron chi connectivity index (χ2n) is 5.50. The number of rotatable bonds is 15. The Kier molecular flexibility index (Phi) is 14.7. The van der Waals surface area contributed by atoms with Crippen molar-refractivity contribution < 1.29 is 14.9 Å². The number of allylic oxidation sites excluding steroid dienone is 1. The summed E-state index contributed by atoms with van der Waals surface area (Å²) >= 11 is 0. The Hall–Kier alpha value is -0.380. The van der Waals surface area contributed by atoms with E-state index in [0.717, 1.165) is 38.5 Å². The van der Waals surface area contributed by atoms with Gasteiger partial charge in [-0.3, -0.25) is 0 Å². The molecule has 0 aromatic rings. The molecule has 0 saturated heterocycles. The maximum absolute atomic E-state index is 10.0. The lowest BCUT2D eigenvalue weighted by molar-refractivity contribution is -0.0670. The van der Waals surface area contributed by atoms with E-state index in [2.05, 4.69) is 13.5 Å². The van der Waals surface area contributed by atoms with E-state index in [9.17, 15) is 10.2 Å². The van der Waals surface area contributed by atoms with Gasteiger partial charge < -0.3 is 14.9 Å². The first-order chi connectivity index (χ1) is 9.76. The highest BCUT2D eigenvalue weighted by molar-refractivity contribution is 4.69. The molecule has 0 unspecified atom stereocenters. The molecule has 0 aliphatic heterocycles. The normalized spacial score (nSPS) is 14.2. The van der Waals surface area contributed by atoms with Crippen LogP contribution in [0.3, 0.4) is 0 Å². The van der Waals surface area contributed by atoms with E-state index in [4.69, 9.17) is 4.74 Å². The fourth-order valence-corrected chi connectivity index (χ4v) is 2.23. The van der Waals surface area contributed by atoms with E-state index in [1.807, 2.05) is 6.08 Å². The van der Waals surface area contributed by atoms with Crippen molar-refractivity contribution in [3.8, 4) is 0 Å². The van der Waals surface area contributed by atoms with Gasteiger partial charge in [0, 0.05) is 6.61 Å². The highest BCUT2D eigenvalue weighted by atomic mass is 16.5. The Morgan fingerprint density at radius 2 is 1.75 bits per heavy atom. The van der Waals surface area contributed by atoms with Crippen LogP contribution in [-0.2, 0) is 4.74 Å². The molecule has 0 fully saturated rings. The first kappa shape index (κ1) is 19.6. The summed E-state index contributed by atoms with van der Waals surface area (Å²) in [5, 5.41) is 19.3. The molecule has 0 radical (unpaired) electrons. The van der Waals surface area contributed by atoms with Gasteiger partial charge in [-0.2, -0.15) is 0 Å². The monoisotopic (exact) mass is 286 g/mol. The molecule has 0 aliphatic rings. The lowest BCUT2D eigenvalue weighted by Gasteiger charge is -2.21. The van der Waals surface area contributed by atoms with Crippen molar-refractivity contribution in [3.63, 3.8) is 0 Å². The van der Waals surface area contributed by atoms with Crippen LogP contribution in [0.2, 0.25) is 0 Å². The van der Waals surface area contributed by atoms with Gasteiger partial charge in [0.25, 0.3) is 0 Å². The summed E-state index contributed by atoms with van der Waals surface area (Å²) in [5.41, 5.74) is 0. The fraction of sp³-hybridized carbons (Fsp3) is 0.882. The number of aliphatic hydroxyl groups is 2. The molecule has 0 saturated carbocycles. The molecule has 0 spiro atoms. The smallest absolute Gasteiger partial charge is 0.106 e. The zero-order chi connectivity index (χ0) is 15.1. The van der Waals surface area contributed by atoms with Crippen molar-refractivity contribution in [1.82, 2.24) is 0 Å². The Labute approximate surface area is 125 Å². The van der Waals surface area contributed by atoms with Crippen LogP contribution in [-0.4, -0.2) is 35.6 Å². The zero-order valence-corrected chi connectivity index (χ0v) is 13.2. The topological polar surface area (TPSA) is 49.7 Å². The SMILES string of the molecule is C=CCCCCO[C@@H](CO)[C@@H](O)CCCCCCCC. The zero-order valence-electron chi connectivity index (χ0n) is 13.2. The van der Waals surface area contributed by atoms with Gasteiger partial charge in [-0.15, -0.1) is 6.58 Å². The molecule has 0 amide bonds. The van der Waals surface area contributed by atoms with Gasteiger partial charge >= 0.3 is 0 Å². The molecule has 0 bridgehead atoms. The van der Waals surface area contributed by atoms with Crippen molar-refractivity contribution >= 4 is 0 Å². The second-order valence-corrected chi connectivity index (χ2v) is 5.50. The third-order valence-electron chi connectivity index (χ3n) is 3.60. The minimum absolute atomic E-state index is 0.0988. The summed E-state index contributed by atoms with van der Waals surface area (Å²) in [4.78, 5) is 0. The van der Waals surface area contributed by atoms with Crippen LogP contribution < -0.4 is 0 Å². The van der Waals surface area contributed by atoms with Gasteiger partial charge in [0.1, 0.15) is 6.10 Å². The molecule has 3 heteroatoms. The van der Waals surface area contributed by atoms with E-state index in [1.54, 1.807) is 0 Å². The predicted molar refractivity (Wildman–Crippen MR) is 84.9 cm³/mol. The molecule has 3 nitrogen and oxygen atoms in total.